The van der Waals surface area contributed by atoms with E-state index in [9.17, 15) is 8.42 Å². The second-order valence-corrected chi connectivity index (χ2v) is 7.43. The Morgan fingerprint density at radius 3 is 2.67 bits per heavy atom. The monoisotopic (exact) mass is 309 g/mol. The van der Waals surface area contributed by atoms with E-state index in [-0.39, 0.29) is 6.04 Å². The average Bonchev–Trinajstić information content (AvgIpc) is 2.45. The van der Waals surface area contributed by atoms with Gasteiger partial charge in [0.1, 0.15) is 0 Å². The van der Waals surface area contributed by atoms with E-state index < -0.39 is 10.0 Å². The summed E-state index contributed by atoms with van der Waals surface area (Å²) < 4.78 is 27.1. The zero-order valence-corrected chi connectivity index (χ0v) is 11.7. The van der Waals surface area contributed by atoms with Gasteiger partial charge in [-0.25, -0.2) is 13.1 Å². The maximum atomic E-state index is 11.9. The number of nitrogens with one attached hydrogen (secondary N) is 1. The van der Waals surface area contributed by atoms with Crippen molar-refractivity contribution in [3.8, 4) is 0 Å². The van der Waals surface area contributed by atoms with Crippen molar-refractivity contribution in [1.29, 1.82) is 0 Å². The minimum atomic E-state index is -3.42. The molecule has 0 amide bonds. The van der Waals surface area contributed by atoms with Crippen LogP contribution in [-0.2, 0) is 10.0 Å². The molecule has 0 aliphatic carbocycles. The fourth-order valence-electron chi connectivity index (χ4n) is 1.05. The van der Waals surface area contributed by atoms with Crippen molar-refractivity contribution in [1.82, 2.24) is 4.72 Å². The van der Waals surface area contributed by atoms with Gasteiger partial charge in [-0.1, -0.05) is 6.08 Å². The molecule has 3 nitrogen and oxygen atoms in total. The van der Waals surface area contributed by atoms with Crippen molar-refractivity contribution < 1.29 is 8.42 Å². The Balaban J connectivity index is 3.06. The van der Waals surface area contributed by atoms with Crippen LogP contribution in [0.4, 0.5) is 0 Å². The average molecular weight is 310 g/mol. The molecule has 0 fully saturated rings. The van der Waals surface area contributed by atoms with Crippen molar-refractivity contribution in [3.63, 3.8) is 0 Å². The highest BCUT2D eigenvalue weighted by molar-refractivity contribution is 9.11. The molecule has 6 heteroatoms. The predicted molar refractivity (Wildman–Crippen MR) is 66.7 cm³/mol. The molecule has 0 saturated carbocycles. The van der Waals surface area contributed by atoms with Crippen LogP contribution in [0.25, 0.3) is 0 Å². The summed E-state index contributed by atoms with van der Waals surface area (Å²) in [6.07, 6.45) is 1.55. The van der Waals surface area contributed by atoms with Gasteiger partial charge in [0.15, 0.2) is 0 Å². The molecular formula is C9H12BrNO2S2. The van der Waals surface area contributed by atoms with Crippen molar-refractivity contribution in [2.24, 2.45) is 0 Å². The molecule has 15 heavy (non-hydrogen) atoms. The molecule has 0 saturated heterocycles. The maximum absolute atomic E-state index is 11.9. The topological polar surface area (TPSA) is 46.2 Å². The Labute approximate surface area is 102 Å². The summed E-state index contributed by atoms with van der Waals surface area (Å²) in [5.41, 5.74) is 0. The van der Waals surface area contributed by atoms with Crippen LogP contribution in [0, 0.1) is 6.92 Å². The van der Waals surface area contributed by atoms with E-state index in [0.29, 0.717) is 4.90 Å². The third kappa shape index (κ3) is 3.14. The summed E-state index contributed by atoms with van der Waals surface area (Å²) >= 11 is 4.67. The summed E-state index contributed by atoms with van der Waals surface area (Å²) in [5, 5.41) is 0. The molecule has 1 rings (SSSR count). The van der Waals surface area contributed by atoms with Crippen molar-refractivity contribution in [2.75, 3.05) is 0 Å². The zero-order valence-electron chi connectivity index (χ0n) is 8.45. The van der Waals surface area contributed by atoms with E-state index in [1.54, 1.807) is 26.0 Å². The standard InChI is InChI=1S/C9H12BrNO2S2/c1-4-6(2)11-15(12,13)8-5-9(10)14-7(8)3/h4-6,11H,1H2,2-3H3. The molecule has 1 unspecified atom stereocenters. The summed E-state index contributed by atoms with van der Waals surface area (Å²) in [5.74, 6) is 0. The van der Waals surface area contributed by atoms with Gasteiger partial charge < -0.3 is 0 Å². The van der Waals surface area contributed by atoms with Gasteiger partial charge in [-0.15, -0.1) is 17.9 Å². The van der Waals surface area contributed by atoms with Gasteiger partial charge in [0.05, 0.1) is 8.68 Å². The van der Waals surface area contributed by atoms with Crippen LogP contribution in [0.5, 0.6) is 0 Å². The number of rotatable bonds is 4. The first-order valence-corrected chi connectivity index (χ1v) is 7.37. The van der Waals surface area contributed by atoms with Crippen molar-refractivity contribution in [2.45, 2.75) is 24.8 Å². The van der Waals surface area contributed by atoms with E-state index >= 15 is 0 Å². The molecule has 0 radical (unpaired) electrons. The van der Waals surface area contributed by atoms with Crippen LogP contribution in [0.3, 0.4) is 0 Å². The van der Waals surface area contributed by atoms with E-state index in [0.717, 1.165) is 8.66 Å². The lowest BCUT2D eigenvalue weighted by Crippen LogP contribution is -2.31. The number of thiophene rings is 1. The normalized spacial score (nSPS) is 13.8. The van der Waals surface area contributed by atoms with Crippen molar-refractivity contribution >= 4 is 37.3 Å². The Morgan fingerprint density at radius 1 is 1.67 bits per heavy atom. The highest BCUT2D eigenvalue weighted by Gasteiger charge is 2.20. The fourth-order valence-corrected chi connectivity index (χ4v) is 4.68. The number of hydrogen-bond donors (Lipinski definition) is 1. The van der Waals surface area contributed by atoms with E-state index in [1.165, 1.54) is 11.3 Å². The third-order valence-electron chi connectivity index (χ3n) is 1.83. The van der Waals surface area contributed by atoms with Gasteiger partial charge in [0.2, 0.25) is 10.0 Å². The highest BCUT2D eigenvalue weighted by Crippen LogP contribution is 2.29. The Bertz CT molecular complexity index is 464. The first-order chi connectivity index (χ1) is 6.86. The quantitative estimate of drug-likeness (QED) is 0.869. The van der Waals surface area contributed by atoms with Gasteiger partial charge in [0.25, 0.3) is 0 Å². The van der Waals surface area contributed by atoms with Crippen LogP contribution in [0.15, 0.2) is 27.4 Å². The summed E-state index contributed by atoms with van der Waals surface area (Å²) in [6, 6.07) is 1.34. The smallest absolute Gasteiger partial charge is 0.207 e. The van der Waals surface area contributed by atoms with Gasteiger partial charge >= 0.3 is 0 Å². The largest absolute Gasteiger partial charge is 0.242 e. The van der Waals surface area contributed by atoms with Gasteiger partial charge in [-0.05, 0) is 35.8 Å². The van der Waals surface area contributed by atoms with Crippen LogP contribution < -0.4 is 4.72 Å². The highest BCUT2D eigenvalue weighted by atomic mass is 79.9. The second-order valence-electron chi connectivity index (χ2n) is 3.12. The Kier molecular flexibility index (Phi) is 4.11. The van der Waals surface area contributed by atoms with Crippen LogP contribution >= 0.6 is 27.3 Å². The molecule has 0 bridgehead atoms. The van der Waals surface area contributed by atoms with Crippen molar-refractivity contribution in [3.05, 3.63) is 27.4 Å². The molecule has 0 aromatic carbocycles. The lowest BCUT2D eigenvalue weighted by Gasteiger charge is -2.09. The molecular weight excluding hydrogens is 298 g/mol. The summed E-state index contributed by atoms with van der Waals surface area (Å²) in [4.78, 5) is 1.10. The third-order valence-corrected chi connectivity index (χ3v) is 5.19. The number of hydrogen-bond acceptors (Lipinski definition) is 3. The Morgan fingerprint density at radius 2 is 2.27 bits per heavy atom. The second kappa shape index (κ2) is 4.78. The van der Waals surface area contributed by atoms with E-state index in [1.807, 2.05) is 0 Å². The SMILES string of the molecule is C=CC(C)NS(=O)(=O)c1cc(Br)sc1C. The maximum Gasteiger partial charge on any atom is 0.242 e. The van der Waals surface area contributed by atoms with E-state index in [4.69, 9.17) is 0 Å². The summed E-state index contributed by atoms with van der Waals surface area (Å²) in [7, 11) is -3.42. The molecule has 1 aromatic heterocycles. The lowest BCUT2D eigenvalue weighted by atomic mass is 10.4. The van der Waals surface area contributed by atoms with E-state index in [2.05, 4.69) is 27.2 Å². The molecule has 1 atom stereocenters. The lowest BCUT2D eigenvalue weighted by molar-refractivity contribution is 0.576. The fraction of sp³-hybridized carbons (Fsp3) is 0.333. The van der Waals surface area contributed by atoms with Crippen LogP contribution in [-0.4, -0.2) is 14.5 Å². The minimum Gasteiger partial charge on any atom is -0.207 e. The van der Waals surface area contributed by atoms with Gasteiger partial charge in [-0.3, -0.25) is 0 Å². The molecule has 0 aliphatic heterocycles. The molecule has 84 valence electrons. The minimum absolute atomic E-state index is 0.270. The molecule has 1 aromatic rings. The number of aryl methyl sites for hydroxylation is 1. The molecule has 1 heterocycles. The first-order valence-electron chi connectivity index (χ1n) is 4.27. The first kappa shape index (κ1) is 12.9. The number of sulfonamides is 1. The molecule has 0 aliphatic rings. The van der Waals surface area contributed by atoms with Crippen LogP contribution in [0.2, 0.25) is 0 Å². The molecule has 1 N–H and O–H groups in total. The molecule has 0 spiro atoms. The summed E-state index contributed by atoms with van der Waals surface area (Å²) in [6.45, 7) is 7.05. The Hall–Kier alpha value is -0.170. The predicted octanol–water partition coefficient (Wildman–Crippen LogP) is 2.67. The van der Waals surface area contributed by atoms with Crippen LogP contribution in [0.1, 0.15) is 11.8 Å². The zero-order chi connectivity index (χ0) is 11.6. The van der Waals surface area contributed by atoms with Gasteiger partial charge in [-0.2, -0.15) is 0 Å². The number of halogens is 1. The van der Waals surface area contributed by atoms with Gasteiger partial charge in [0, 0.05) is 10.9 Å².